The summed E-state index contributed by atoms with van der Waals surface area (Å²) in [5.41, 5.74) is 1.64. The van der Waals surface area contributed by atoms with Crippen LogP contribution < -0.4 is 10.6 Å². The van der Waals surface area contributed by atoms with Crippen LogP contribution in [-0.2, 0) is 9.59 Å². The van der Waals surface area contributed by atoms with E-state index >= 15 is 0 Å². The molecule has 3 rings (SSSR count). The Bertz CT molecular complexity index is 752. The van der Waals surface area contributed by atoms with Gasteiger partial charge in [0.15, 0.2) is 0 Å². The molecule has 0 aliphatic heterocycles. The predicted molar refractivity (Wildman–Crippen MR) is 99.0 cm³/mol. The van der Waals surface area contributed by atoms with Gasteiger partial charge in [0.05, 0.1) is 5.92 Å². The molecule has 1 aromatic heterocycles. The summed E-state index contributed by atoms with van der Waals surface area (Å²) >= 11 is 0. The summed E-state index contributed by atoms with van der Waals surface area (Å²) in [6.45, 7) is 1.80. The Hall–Kier alpha value is -2.83. The Morgan fingerprint density at radius 1 is 1.19 bits per heavy atom. The largest absolute Gasteiger partial charge is 0.481 e. The number of carboxylic acids is 1. The summed E-state index contributed by atoms with van der Waals surface area (Å²) in [6.07, 6.45) is 6.48. The zero-order chi connectivity index (χ0) is 18.5. The van der Waals surface area contributed by atoms with Gasteiger partial charge < -0.3 is 15.7 Å². The van der Waals surface area contributed by atoms with E-state index < -0.39 is 12.0 Å². The second-order valence-electron chi connectivity index (χ2n) is 6.76. The maximum Gasteiger partial charge on any atom is 0.306 e. The monoisotopic (exact) mass is 356 g/mol. The smallest absolute Gasteiger partial charge is 0.306 e. The number of hydrogen-bond donors (Lipinski definition) is 3. The van der Waals surface area contributed by atoms with E-state index in [9.17, 15) is 9.59 Å². The van der Waals surface area contributed by atoms with Gasteiger partial charge in [-0.15, -0.1) is 0 Å². The lowest BCUT2D eigenvalue weighted by Gasteiger charge is -2.27. The van der Waals surface area contributed by atoms with Gasteiger partial charge >= 0.3 is 5.97 Å². The molecule has 0 spiro atoms. The summed E-state index contributed by atoms with van der Waals surface area (Å²) in [4.78, 5) is 23.4. The van der Waals surface area contributed by atoms with E-state index in [1.807, 2.05) is 24.3 Å². The van der Waals surface area contributed by atoms with Crippen LogP contribution in [0.15, 0.2) is 42.7 Å². The summed E-state index contributed by atoms with van der Waals surface area (Å²) in [5, 5.41) is 19.5. The van der Waals surface area contributed by atoms with Crippen LogP contribution in [-0.4, -0.2) is 32.8 Å². The fourth-order valence-corrected chi connectivity index (χ4v) is 3.28. The van der Waals surface area contributed by atoms with Crippen LogP contribution in [0.2, 0.25) is 0 Å². The molecule has 1 aliphatic carbocycles. The number of carbonyl (C=O) groups is 2. The van der Waals surface area contributed by atoms with Crippen LogP contribution in [0.25, 0.3) is 0 Å². The Balaban J connectivity index is 1.57. The number of amides is 1. The third-order valence-corrected chi connectivity index (χ3v) is 4.88. The Kier molecular flexibility index (Phi) is 5.55. The van der Waals surface area contributed by atoms with Crippen molar-refractivity contribution in [3.63, 3.8) is 0 Å². The average molecular weight is 356 g/mol. The van der Waals surface area contributed by atoms with Gasteiger partial charge in [0.2, 0.25) is 5.91 Å². The van der Waals surface area contributed by atoms with Crippen molar-refractivity contribution in [3.8, 4) is 0 Å². The number of carboxylic acid groups (broad SMARTS) is 1. The predicted octanol–water partition coefficient (Wildman–Crippen LogP) is 3.14. The molecule has 0 bridgehead atoms. The first-order chi connectivity index (χ1) is 12.5. The SMILES string of the molecule is CC(C(=O)Nc1cccc(NC2CCC(C(=O)O)CC2)c1)n1cccn1. The fourth-order valence-electron chi connectivity index (χ4n) is 3.28. The molecule has 1 saturated carbocycles. The van der Waals surface area contributed by atoms with Crippen LogP contribution in [0.5, 0.6) is 0 Å². The van der Waals surface area contributed by atoms with Crippen LogP contribution >= 0.6 is 0 Å². The minimum atomic E-state index is -0.695. The molecule has 7 heteroatoms. The molecule has 1 amide bonds. The van der Waals surface area contributed by atoms with Crippen molar-refractivity contribution in [2.45, 2.75) is 44.7 Å². The van der Waals surface area contributed by atoms with Crippen molar-refractivity contribution in [3.05, 3.63) is 42.7 Å². The number of hydrogen-bond acceptors (Lipinski definition) is 4. The van der Waals surface area contributed by atoms with Crippen molar-refractivity contribution in [2.24, 2.45) is 5.92 Å². The van der Waals surface area contributed by atoms with Crippen molar-refractivity contribution in [1.82, 2.24) is 9.78 Å². The zero-order valence-corrected chi connectivity index (χ0v) is 14.8. The second-order valence-corrected chi connectivity index (χ2v) is 6.76. The van der Waals surface area contributed by atoms with Gasteiger partial charge in [0.1, 0.15) is 6.04 Å². The van der Waals surface area contributed by atoms with Crippen LogP contribution in [0.3, 0.4) is 0 Å². The zero-order valence-electron chi connectivity index (χ0n) is 14.8. The summed E-state index contributed by atoms with van der Waals surface area (Å²) in [6, 6.07) is 9.24. The number of nitrogens with zero attached hydrogens (tertiary/aromatic N) is 2. The van der Waals surface area contributed by atoms with Gasteiger partial charge in [-0.1, -0.05) is 6.07 Å². The molecule has 1 unspecified atom stereocenters. The highest BCUT2D eigenvalue weighted by Crippen LogP contribution is 2.27. The Morgan fingerprint density at radius 2 is 1.92 bits per heavy atom. The first-order valence-corrected chi connectivity index (χ1v) is 8.92. The van der Waals surface area contributed by atoms with E-state index in [2.05, 4.69) is 15.7 Å². The highest BCUT2D eigenvalue weighted by atomic mass is 16.4. The topological polar surface area (TPSA) is 96.3 Å². The molecule has 7 nitrogen and oxygen atoms in total. The van der Waals surface area contributed by atoms with Gasteiger partial charge in [0, 0.05) is 29.8 Å². The van der Waals surface area contributed by atoms with E-state index in [0.29, 0.717) is 12.8 Å². The summed E-state index contributed by atoms with van der Waals surface area (Å²) in [5.74, 6) is -1.05. The molecular weight excluding hydrogens is 332 g/mol. The van der Waals surface area contributed by atoms with Crippen LogP contribution in [0.1, 0.15) is 38.6 Å². The molecule has 3 N–H and O–H groups in total. The molecule has 1 heterocycles. The number of aliphatic carboxylic acids is 1. The molecule has 1 aliphatic rings. The first-order valence-electron chi connectivity index (χ1n) is 8.92. The average Bonchev–Trinajstić information content (AvgIpc) is 3.16. The third-order valence-electron chi connectivity index (χ3n) is 4.88. The highest BCUT2D eigenvalue weighted by Gasteiger charge is 2.25. The molecule has 138 valence electrons. The molecule has 0 saturated heterocycles. The quantitative estimate of drug-likeness (QED) is 0.739. The Morgan fingerprint density at radius 3 is 2.58 bits per heavy atom. The lowest BCUT2D eigenvalue weighted by atomic mass is 9.86. The number of nitrogens with one attached hydrogen (secondary N) is 2. The van der Waals surface area contributed by atoms with Crippen molar-refractivity contribution in [2.75, 3.05) is 10.6 Å². The van der Waals surface area contributed by atoms with E-state index in [4.69, 9.17) is 5.11 Å². The maximum absolute atomic E-state index is 12.4. The normalized spacial score (nSPS) is 21.0. The van der Waals surface area contributed by atoms with E-state index in [-0.39, 0.29) is 17.9 Å². The van der Waals surface area contributed by atoms with Crippen molar-refractivity contribution in [1.29, 1.82) is 0 Å². The van der Waals surface area contributed by atoms with Gasteiger partial charge in [-0.2, -0.15) is 5.10 Å². The second kappa shape index (κ2) is 8.03. The highest BCUT2D eigenvalue weighted by molar-refractivity contribution is 5.93. The third kappa shape index (κ3) is 4.41. The fraction of sp³-hybridized carbons (Fsp3) is 0.421. The number of aromatic nitrogens is 2. The molecule has 0 radical (unpaired) electrons. The molecular formula is C19H24N4O3. The lowest BCUT2D eigenvalue weighted by Crippen LogP contribution is -2.29. The molecule has 2 aromatic rings. The molecule has 1 aromatic carbocycles. The minimum Gasteiger partial charge on any atom is -0.481 e. The summed E-state index contributed by atoms with van der Waals surface area (Å²) in [7, 11) is 0. The van der Waals surface area contributed by atoms with Crippen molar-refractivity contribution < 1.29 is 14.7 Å². The number of carbonyl (C=O) groups excluding carboxylic acids is 1. The van der Waals surface area contributed by atoms with Crippen molar-refractivity contribution >= 4 is 23.3 Å². The van der Waals surface area contributed by atoms with Gasteiger partial charge in [0.25, 0.3) is 0 Å². The standard InChI is InChI=1S/C19H24N4O3/c1-13(23-11-3-10-20-23)18(24)22-17-5-2-4-16(12-17)21-15-8-6-14(7-9-15)19(25)26/h2-5,10-15,21H,6-9H2,1H3,(H,22,24)(H,25,26). The van der Waals surface area contributed by atoms with E-state index in [0.717, 1.165) is 24.2 Å². The molecule has 1 fully saturated rings. The summed E-state index contributed by atoms with van der Waals surface area (Å²) < 4.78 is 1.61. The molecule has 26 heavy (non-hydrogen) atoms. The minimum absolute atomic E-state index is 0.132. The molecule has 1 atom stereocenters. The first kappa shape index (κ1) is 18.0. The maximum atomic E-state index is 12.4. The van der Waals surface area contributed by atoms with Gasteiger partial charge in [-0.25, -0.2) is 0 Å². The number of rotatable bonds is 6. The number of anilines is 2. The van der Waals surface area contributed by atoms with Crippen LogP contribution in [0.4, 0.5) is 11.4 Å². The number of benzene rings is 1. The lowest BCUT2D eigenvalue weighted by molar-refractivity contribution is -0.142. The van der Waals surface area contributed by atoms with Crippen LogP contribution in [0, 0.1) is 5.92 Å². The van der Waals surface area contributed by atoms with Gasteiger partial charge in [-0.3, -0.25) is 14.3 Å². The van der Waals surface area contributed by atoms with E-state index in [1.54, 1.807) is 30.1 Å². The Labute approximate surface area is 152 Å². The van der Waals surface area contributed by atoms with Gasteiger partial charge in [-0.05, 0) is 56.9 Å². The van der Waals surface area contributed by atoms with E-state index in [1.165, 1.54) is 0 Å².